The molecule has 1 aromatic carbocycles. The molecule has 3 rings (SSSR count). The van der Waals surface area contributed by atoms with Gasteiger partial charge in [0, 0.05) is 11.6 Å². The maximum atomic E-state index is 12.5. The van der Waals surface area contributed by atoms with Crippen LogP contribution in [0.5, 0.6) is 0 Å². The minimum atomic E-state index is -4.54. The normalized spacial score (nSPS) is 12.6. The van der Waals surface area contributed by atoms with Crippen LogP contribution in [-0.2, 0) is 17.5 Å². The van der Waals surface area contributed by atoms with Crippen LogP contribution >= 0.6 is 0 Å². The highest BCUT2D eigenvalue weighted by atomic mass is 19.4. The lowest BCUT2D eigenvalue weighted by atomic mass is 10.2. The summed E-state index contributed by atoms with van der Waals surface area (Å²) in [4.78, 5) is 11.8. The first-order valence-corrected chi connectivity index (χ1v) is 7.25. The van der Waals surface area contributed by atoms with E-state index in [-0.39, 0.29) is 6.54 Å². The molecular formula is C16H13F3N4O2. The number of carbonyl (C=O) groups is 1. The lowest BCUT2D eigenvalue weighted by Gasteiger charge is -2.03. The number of nitrogens with one attached hydrogen (secondary N) is 1. The van der Waals surface area contributed by atoms with E-state index in [2.05, 4.69) is 15.6 Å². The van der Waals surface area contributed by atoms with E-state index in [1.807, 2.05) is 18.2 Å². The monoisotopic (exact) mass is 350 g/mol. The quantitative estimate of drug-likeness (QED) is 0.580. The molecule has 1 amide bonds. The fourth-order valence-electron chi connectivity index (χ4n) is 2.14. The topological polar surface area (TPSA) is 72.4 Å². The number of aromatic nitrogens is 2. The van der Waals surface area contributed by atoms with Crippen molar-refractivity contribution in [2.75, 3.05) is 0 Å². The van der Waals surface area contributed by atoms with Gasteiger partial charge in [-0.3, -0.25) is 9.48 Å². The fourth-order valence-corrected chi connectivity index (χ4v) is 2.14. The van der Waals surface area contributed by atoms with Crippen molar-refractivity contribution in [2.45, 2.75) is 19.6 Å². The predicted molar refractivity (Wildman–Crippen MR) is 83.8 cm³/mol. The van der Waals surface area contributed by atoms with E-state index >= 15 is 0 Å². The van der Waals surface area contributed by atoms with Gasteiger partial charge in [-0.2, -0.15) is 23.4 Å². The Morgan fingerprint density at radius 3 is 2.76 bits per heavy atom. The zero-order valence-electron chi connectivity index (χ0n) is 13.0. The molecule has 0 atom stereocenters. The van der Waals surface area contributed by atoms with E-state index in [0.717, 1.165) is 22.3 Å². The van der Waals surface area contributed by atoms with E-state index in [1.165, 1.54) is 0 Å². The molecule has 1 N–H and O–H groups in total. The van der Waals surface area contributed by atoms with Crippen LogP contribution in [0.25, 0.3) is 11.0 Å². The smallest absolute Gasteiger partial charge is 0.435 e. The molecule has 25 heavy (non-hydrogen) atoms. The summed E-state index contributed by atoms with van der Waals surface area (Å²) >= 11 is 0. The third-order valence-corrected chi connectivity index (χ3v) is 3.37. The minimum Gasteiger partial charge on any atom is -0.455 e. The number of amides is 1. The zero-order valence-corrected chi connectivity index (χ0v) is 13.0. The molecule has 0 bridgehead atoms. The number of fused-ring (bicyclic) bond motifs is 1. The molecule has 0 fully saturated rings. The maximum absolute atomic E-state index is 12.5. The second-order valence-electron chi connectivity index (χ2n) is 5.28. The van der Waals surface area contributed by atoms with Gasteiger partial charge in [-0.05, 0) is 25.1 Å². The largest absolute Gasteiger partial charge is 0.455 e. The molecule has 3 aromatic rings. The molecule has 0 saturated heterocycles. The Balaban J connectivity index is 1.64. The maximum Gasteiger partial charge on any atom is 0.435 e. The molecule has 0 radical (unpaired) electrons. The molecule has 0 aliphatic rings. The molecule has 6 nitrogen and oxygen atoms in total. The first-order valence-electron chi connectivity index (χ1n) is 7.25. The number of halogens is 3. The van der Waals surface area contributed by atoms with Crippen molar-refractivity contribution in [1.82, 2.24) is 15.2 Å². The first-order chi connectivity index (χ1) is 11.8. The van der Waals surface area contributed by atoms with E-state index in [4.69, 9.17) is 4.42 Å². The van der Waals surface area contributed by atoms with E-state index in [1.54, 1.807) is 19.1 Å². The van der Waals surface area contributed by atoms with Crippen LogP contribution in [-0.4, -0.2) is 21.4 Å². The van der Waals surface area contributed by atoms with Crippen molar-refractivity contribution in [3.8, 4) is 0 Å². The van der Waals surface area contributed by atoms with Gasteiger partial charge in [0.25, 0.3) is 5.91 Å². The highest BCUT2D eigenvalue weighted by molar-refractivity contribution is 6.00. The molecule has 2 heterocycles. The second-order valence-corrected chi connectivity index (χ2v) is 5.28. The van der Waals surface area contributed by atoms with Crippen molar-refractivity contribution in [2.24, 2.45) is 5.10 Å². The zero-order chi connectivity index (χ0) is 18.0. The molecule has 0 saturated carbocycles. The lowest BCUT2D eigenvalue weighted by molar-refractivity contribution is -0.141. The number of hydrazone groups is 1. The van der Waals surface area contributed by atoms with Crippen molar-refractivity contribution in [3.05, 3.63) is 54.0 Å². The van der Waals surface area contributed by atoms with Crippen molar-refractivity contribution >= 4 is 22.6 Å². The van der Waals surface area contributed by atoms with Crippen LogP contribution < -0.4 is 5.43 Å². The van der Waals surface area contributed by atoms with Gasteiger partial charge >= 0.3 is 6.18 Å². The van der Waals surface area contributed by atoms with Crippen LogP contribution in [0.4, 0.5) is 13.2 Å². The average Bonchev–Trinajstić information content (AvgIpc) is 3.18. The van der Waals surface area contributed by atoms with Gasteiger partial charge < -0.3 is 4.42 Å². The summed E-state index contributed by atoms with van der Waals surface area (Å²) in [7, 11) is 0. The number of furan rings is 1. The molecule has 2 aromatic heterocycles. The van der Waals surface area contributed by atoms with Gasteiger partial charge in [-0.25, -0.2) is 5.43 Å². The number of hydrogen-bond donors (Lipinski definition) is 1. The standard InChI is InChI=1S/C16H13F3N4O2/c1-10(13-8-11-4-2-3-5-12(11)25-13)20-21-15(24)9-23-7-6-14(22-23)16(17,18)19/h2-8H,9H2,1H3,(H,21,24). The number of alkyl halides is 3. The van der Waals surface area contributed by atoms with Crippen LogP contribution in [0.2, 0.25) is 0 Å². The summed E-state index contributed by atoms with van der Waals surface area (Å²) in [5.74, 6) is -0.118. The number of rotatable bonds is 4. The lowest BCUT2D eigenvalue weighted by Crippen LogP contribution is -2.24. The van der Waals surface area contributed by atoms with Crippen molar-refractivity contribution < 1.29 is 22.4 Å². The number of carbonyl (C=O) groups excluding carboxylic acids is 1. The molecule has 0 aliphatic carbocycles. The first kappa shape index (κ1) is 16.7. The van der Waals surface area contributed by atoms with Crippen LogP contribution in [0, 0.1) is 0 Å². The summed E-state index contributed by atoms with van der Waals surface area (Å²) in [6.45, 7) is 1.26. The highest BCUT2D eigenvalue weighted by Crippen LogP contribution is 2.27. The third kappa shape index (κ3) is 3.87. The number of nitrogens with zero attached hydrogens (tertiary/aromatic N) is 3. The Morgan fingerprint density at radius 1 is 1.32 bits per heavy atom. The predicted octanol–water partition coefficient (Wildman–Crippen LogP) is 3.19. The Labute approximate surface area is 139 Å². The Hall–Kier alpha value is -3.10. The number of benzene rings is 1. The Bertz CT molecular complexity index is 907. The summed E-state index contributed by atoms with van der Waals surface area (Å²) < 4.78 is 43.9. The van der Waals surface area contributed by atoms with Gasteiger partial charge in [0.1, 0.15) is 17.8 Å². The van der Waals surface area contributed by atoms with E-state index < -0.39 is 17.8 Å². The summed E-state index contributed by atoms with van der Waals surface area (Å²) in [6.07, 6.45) is -3.46. The number of hydrogen-bond acceptors (Lipinski definition) is 4. The molecule has 0 unspecified atom stereocenters. The molecule has 9 heteroatoms. The van der Waals surface area contributed by atoms with Crippen molar-refractivity contribution in [3.63, 3.8) is 0 Å². The number of para-hydroxylation sites is 1. The molecule has 130 valence electrons. The molecule has 0 spiro atoms. The highest BCUT2D eigenvalue weighted by Gasteiger charge is 2.33. The second kappa shape index (κ2) is 6.42. The Morgan fingerprint density at radius 2 is 2.08 bits per heavy atom. The Kier molecular flexibility index (Phi) is 4.30. The minimum absolute atomic E-state index is 0.382. The van der Waals surface area contributed by atoms with Crippen molar-refractivity contribution in [1.29, 1.82) is 0 Å². The van der Waals surface area contributed by atoms with Crippen LogP contribution in [0.15, 0.2) is 52.1 Å². The van der Waals surface area contributed by atoms with E-state index in [0.29, 0.717) is 17.1 Å². The summed E-state index contributed by atoms with van der Waals surface area (Å²) in [5, 5.41) is 8.10. The van der Waals surface area contributed by atoms with Gasteiger partial charge in [0.15, 0.2) is 11.5 Å². The summed E-state index contributed by atoms with van der Waals surface area (Å²) in [5.41, 5.74) is 2.34. The summed E-state index contributed by atoms with van der Waals surface area (Å²) in [6, 6.07) is 9.97. The average molecular weight is 350 g/mol. The third-order valence-electron chi connectivity index (χ3n) is 3.37. The SMILES string of the molecule is CC(=NNC(=O)Cn1ccc(C(F)(F)F)n1)c1cc2ccccc2o1. The van der Waals surface area contributed by atoms with Crippen LogP contribution in [0.3, 0.4) is 0 Å². The van der Waals surface area contributed by atoms with E-state index in [9.17, 15) is 18.0 Å². The van der Waals surface area contributed by atoms with Crippen LogP contribution in [0.1, 0.15) is 18.4 Å². The molecular weight excluding hydrogens is 337 g/mol. The van der Waals surface area contributed by atoms with Gasteiger partial charge in [0.2, 0.25) is 0 Å². The van der Waals surface area contributed by atoms with Gasteiger partial charge in [-0.15, -0.1) is 0 Å². The molecule has 0 aliphatic heterocycles. The van der Waals surface area contributed by atoms with Gasteiger partial charge in [0.05, 0.1) is 0 Å². The fraction of sp³-hybridized carbons (Fsp3) is 0.188. The van der Waals surface area contributed by atoms with Gasteiger partial charge in [-0.1, -0.05) is 18.2 Å².